The second-order valence-electron chi connectivity index (χ2n) is 8.77. The molecule has 1 fully saturated rings. The van der Waals surface area contributed by atoms with Gasteiger partial charge in [0.05, 0.1) is 17.4 Å². The van der Waals surface area contributed by atoms with Gasteiger partial charge < -0.3 is 10.1 Å². The number of carbonyl (C=O) groups excluding carboxylic acids is 1. The molecule has 4 rings (SSSR count). The van der Waals surface area contributed by atoms with Gasteiger partial charge in [0.2, 0.25) is 0 Å². The normalized spacial score (nSPS) is 16.9. The number of aryl methyl sites for hydroxylation is 1. The molecule has 11 heteroatoms. The number of carbonyl (C=O) groups is 1. The van der Waals surface area contributed by atoms with E-state index in [2.05, 4.69) is 20.3 Å². The average molecular weight is 501 g/mol. The molecule has 3 aromatic rings. The molecule has 1 aromatic carbocycles. The molecule has 0 spiro atoms. The van der Waals surface area contributed by atoms with E-state index >= 15 is 0 Å². The van der Waals surface area contributed by atoms with Crippen LogP contribution in [0.2, 0.25) is 0 Å². The first-order chi connectivity index (χ1) is 16.8. The summed E-state index contributed by atoms with van der Waals surface area (Å²) in [4.78, 5) is 20.3. The topological polar surface area (TPSA) is 110 Å². The Morgan fingerprint density at radius 2 is 2.00 bits per heavy atom. The fourth-order valence-corrected chi connectivity index (χ4v) is 5.66. The monoisotopic (exact) mass is 500 g/mol. The molecule has 1 aliphatic heterocycles. The molecule has 0 bridgehead atoms. The van der Waals surface area contributed by atoms with Crippen molar-refractivity contribution in [1.29, 1.82) is 0 Å². The standard InChI is InChI=1S/C24H32N6O4S/c1-18-8-10-20(11-9-18)35(32,33)30-15-12-21-23(26-17-27-24(21)30)28(2)29-14-5-6-19(16-29)25-13-4-7-22(31)34-3/h8-12,15,17,19,25H,4-7,13-14,16H2,1-3H3. The number of hydrogen-bond acceptors (Lipinski definition) is 9. The maximum atomic E-state index is 13.3. The molecule has 1 unspecified atom stereocenters. The molecular formula is C24H32N6O4S. The number of ether oxygens (including phenoxy) is 1. The fraction of sp³-hybridized carbons (Fsp3) is 0.458. The van der Waals surface area contributed by atoms with Crippen LogP contribution in [0.15, 0.2) is 47.8 Å². The Balaban J connectivity index is 1.50. The molecular weight excluding hydrogens is 468 g/mol. The third-order valence-corrected chi connectivity index (χ3v) is 8.03. The summed E-state index contributed by atoms with van der Waals surface area (Å²) in [5.74, 6) is 0.458. The number of nitrogens with one attached hydrogen (secondary N) is 1. The maximum Gasteiger partial charge on any atom is 0.305 e. The molecule has 1 N–H and O–H groups in total. The molecule has 35 heavy (non-hydrogen) atoms. The zero-order chi connectivity index (χ0) is 25.0. The molecule has 3 heterocycles. The van der Waals surface area contributed by atoms with Crippen molar-refractivity contribution in [3.63, 3.8) is 0 Å². The minimum atomic E-state index is -3.78. The Morgan fingerprint density at radius 3 is 2.74 bits per heavy atom. The average Bonchev–Trinajstić information content (AvgIpc) is 3.32. The largest absolute Gasteiger partial charge is 0.469 e. The van der Waals surface area contributed by atoms with Gasteiger partial charge in [-0.2, -0.15) is 0 Å². The van der Waals surface area contributed by atoms with E-state index in [-0.39, 0.29) is 16.9 Å². The number of methoxy groups -OCH3 is 1. The van der Waals surface area contributed by atoms with Crippen LogP contribution in [-0.4, -0.2) is 73.2 Å². The summed E-state index contributed by atoms with van der Waals surface area (Å²) in [6.45, 7) is 4.31. The number of aromatic nitrogens is 3. The lowest BCUT2D eigenvalue weighted by molar-refractivity contribution is -0.140. The molecule has 0 saturated carbocycles. The van der Waals surface area contributed by atoms with Gasteiger partial charge in [0.1, 0.15) is 6.33 Å². The summed E-state index contributed by atoms with van der Waals surface area (Å²) in [6, 6.07) is 8.81. The van der Waals surface area contributed by atoms with Crippen molar-refractivity contribution >= 4 is 32.8 Å². The molecule has 1 saturated heterocycles. The number of fused-ring (bicyclic) bond motifs is 1. The van der Waals surface area contributed by atoms with Gasteiger partial charge in [-0.3, -0.25) is 9.80 Å². The van der Waals surface area contributed by atoms with Crippen molar-refractivity contribution in [2.45, 2.75) is 43.5 Å². The highest BCUT2D eigenvalue weighted by atomic mass is 32.2. The fourth-order valence-electron chi connectivity index (χ4n) is 4.36. The van der Waals surface area contributed by atoms with Gasteiger partial charge in [-0.25, -0.2) is 27.4 Å². The van der Waals surface area contributed by atoms with Crippen molar-refractivity contribution in [2.24, 2.45) is 0 Å². The Morgan fingerprint density at radius 1 is 1.23 bits per heavy atom. The van der Waals surface area contributed by atoms with Crippen LogP contribution in [0.1, 0.15) is 31.2 Å². The van der Waals surface area contributed by atoms with Crippen LogP contribution in [0.25, 0.3) is 11.0 Å². The SMILES string of the molecule is COC(=O)CCCNC1CCCN(N(C)c2ncnc3c2ccn3S(=O)(=O)c2ccc(C)cc2)C1. The van der Waals surface area contributed by atoms with E-state index in [4.69, 9.17) is 4.74 Å². The van der Waals surface area contributed by atoms with Gasteiger partial charge in [0.25, 0.3) is 10.0 Å². The number of rotatable bonds is 9. The maximum absolute atomic E-state index is 13.3. The highest BCUT2D eigenvalue weighted by Crippen LogP contribution is 2.28. The van der Waals surface area contributed by atoms with E-state index in [0.29, 0.717) is 23.3 Å². The van der Waals surface area contributed by atoms with E-state index in [0.717, 1.165) is 44.5 Å². The van der Waals surface area contributed by atoms with Gasteiger partial charge >= 0.3 is 5.97 Å². The summed E-state index contributed by atoms with van der Waals surface area (Å²) in [5.41, 5.74) is 1.34. The zero-order valence-electron chi connectivity index (χ0n) is 20.3. The molecule has 2 aromatic heterocycles. The predicted octanol–water partition coefficient (Wildman–Crippen LogP) is 2.34. The minimum absolute atomic E-state index is 0.194. The summed E-state index contributed by atoms with van der Waals surface area (Å²) in [6.07, 6.45) is 6.13. The lowest BCUT2D eigenvalue weighted by atomic mass is 10.1. The van der Waals surface area contributed by atoms with Crippen molar-refractivity contribution in [2.75, 3.05) is 38.8 Å². The highest BCUT2D eigenvalue weighted by Gasteiger charge is 2.26. The van der Waals surface area contributed by atoms with E-state index in [1.54, 1.807) is 30.3 Å². The van der Waals surface area contributed by atoms with Crippen LogP contribution >= 0.6 is 0 Å². The Kier molecular flexibility index (Phi) is 7.68. The Labute approximate surface area is 205 Å². The molecule has 0 radical (unpaired) electrons. The van der Waals surface area contributed by atoms with Crippen LogP contribution < -0.4 is 10.3 Å². The highest BCUT2D eigenvalue weighted by molar-refractivity contribution is 7.90. The van der Waals surface area contributed by atoms with Gasteiger partial charge in [-0.05, 0) is 50.9 Å². The van der Waals surface area contributed by atoms with Crippen LogP contribution in [0.5, 0.6) is 0 Å². The number of anilines is 1. The van der Waals surface area contributed by atoms with E-state index in [1.165, 1.54) is 23.6 Å². The molecule has 0 aliphatic carbocycles. The third-order valence-electron chi connectivity index (χ3n) is 6.35. The quantitative estimate of drug-likeness (QED) is 0.350. The third kappa shape index (κ3) is 5.47. The molecule has 188 valence electrons. The summed E-state index contributed by atoms with van der Waals surface area (Å²) >= 11 is 0. The summed E-state index contributed by atoms with van der Waals surface area (Å²) in [7, 11) is -0.443. The first-order valence-corrected chi connectivity index (χ1v) is 13.2. The van der Waals surface area contributed by atoms with Gasteiger partial charge in [-0.1, -0.05) is 17.7 Å². The minimum Gasteiger partial charge on any atom is -0.469 e. The Bertz CT molecular complexity index is 1270. The van der Waals surface area contributed by atoms with Crippen LogP contribution in [0.3, 0.4) is 0 Å². The summed E-state index contributed by atoms with van der Waals surface area (Å²) in [5, 5.41) is 8.38. The number of hydrogen-bond donors (Lipinski definition) is 1. The van der Waals surface area contributed by atoms with Crippen molar-refractivity contribution in [3.8, 4) is 0 Å². The number of benzene rings is 1. The second-order valence-corrected chi connectivity index (χ2v) is 10.6. The lowest BCUT2D eigenvalue weighted by Gasteiger charge is -2.39. The van der Waals surface area contributed by atoms with Gasteiger partial charge in [-0.15, -0.1) is 0 Å². The number of hydrazine groups is 1. The lowest BCUT2D eigenvalue weighted by Crippen LogP contribution is -2.52. The molecule has 1 atom stereocenters. The first-order valence-electron chi connectivity index (χ1n) is 11.7. The zero-order valence-corrected chi connectivity index (χ0v) is 21.2. The second kappa shape index (κ2) is 10.7. The van der Waals surface area contributed by atoms with Crippen LogP contribution in [-0.2, 0) is 19.6 Å². The summed E-state index contributed by atoms with van der Waals surface area (Å²) < 4.78 is 32.5. The van der Waals surface area contributed by atoms with Crippen molar-refractivity contribution < 1.29 is 17.9 Å². The predicted molar refractivity (Wildman–Crippen MR) is 134 cm³/mol. The number of nitrogens with zero attached hydrogens (tertiary/aromatic N) is 5. The molecule has 0 amide bonds. The van der Waals surface area contributed by atoms with Crippen LogP contribution in [0, 0.1) is 6.92 Å². The van der Waals surface area contributed by atoms with Crippen molar-refractivity contribution in [3.05, 3.63) is 48.4 Å². The van der Waals surface area contributed by atoms with E-state index in [1.807, 2.05) is 19.0 Å². The smallest absolute Gasteiger partial charge is 0.305 e. The van der Waals surface area contributed by atoms with Gasteiger partial charge in [0, 0.05) is 38.8 Å². The first kappa shape index (κ1) is 25.1. The Hall–Kier alpha value is -3.02. The van der Waals surface area contributed by atoms with Crippen molar-refractivity contribution in [1.82, 2.24) is 24.3 Å². The molecule has 1 aliphatic rings. The van der Waals surface area contributed by atoms with Crippen LogP contribution in [0.4, 0.5) is 5.82 Å². The number of piperidine rings is 1. The van der Waals surface area contributed by atoms with Gasteiger partial charge in [0.15, 0.2) is 11.5 Å². The van der Waals surface area contributed by atoms with E-state index in [9.17, 15) is 13.2 Å². The molecule has 10 nitrogen and oxygen atoms in total. The number of esters is 1. The van der Waals surface area contributed by atoms with E-state index < -0.39 is 10.0 Å².